The lowest BCUT2D eigenvalue weighted by molar-refractivity contribution is -0.137. The molecule has 0 saturated heterocycles. The van der Waals surface area contributed by atoms with E-state index in [0.29, 0.717) is 0 Å². The van der Waals surface area contributed by atoms with Crippen LogP contribution in [-0.2, 0) is 4.79 Å². The van der Waals surface area contributed by atoms with Crippen LogP contribution >= 0.6 is 11.3 Å². The SMILES string of the molecule is CNc1nc(-c2cccc3cccnc23)c(C(C)CC(=O)O)s1. The zero-order chi connectivity index (χ0) is 16.4. The van der Waals surface area contributed by atoms with Gasteiger partial charge in [-0.2, -0.15) is 0 Å². The largest absolute Gasteiger partial charge is 0.481 e. The fraction of sp³-hybridized carbons (Fsp3) is 0.235. The van der Waals surface area contributed by atoms with Crippen molar-refractivity contribution in [2.75, 3.05) is 12.4 Å². The second-order valence-corrected chi connectivity index (χ2v) is 6.39. The molecule has 0 radical (unpaired) electrons. The van der Waals surface area contributed by atoms with Gasteiger partial charge in [-0.3, -0.25) is 9.78 Å². The Morgan fingerprint density at radius 3 is 2.87 bits per heavy atom. The third-order valence-corrected chi connectivity index (χ3v) is 4.99. The topological polar surface area (TPSA) is 75.1 Å². The second-order valence-electron chi connectivity index (χ2n) is 5.36. The Hall–Kier alpha value is -2.47. The molecule has 3 aromatic rings. The molecule has 5 nitrogen and oxygen atoms in total. The van der Waals surface area contributed by atoms with Crippen molar-refractivity contribution in [1.82, 2.24) is 9.97 Å². The van der Waals surface area contributed by atoms with Crippen LogP contribution in [0.25, 0.3) is 22.2 Å². The number of carboxylic acids is 1. The summed E-state index contributed by atoms with van der Waals surface area (Å²) in [6.07, 6.45) is 1.84. The Labute approximate surface area is 138 Å². The molecule has 1 unspecified atom stereocenters. The molecule has 0 aliphatic heterocycles. The number of carbonyl (C=O) groups is 1. The van der Waals surface area contributed by atoms with Gasteiger partial charge in [0, 0.05) is 35.0 Å². The average molecular weight is 327 g/mol. The predicted molar refractivity (Wildman–Crippen MR) is 93.1 cm³/mol. The highest BCUT2D eigenvalue weighted by atomic mass is 32.1. The van der Waals surface area contributed by atoms with Gasteiger partial charge in [-0.05, 0) is 6.07 Å². The Bertz CT molecular complexity index is 855. The minimum Gasteiger partial charge on any atom is -0.481 e. The molecular formula is C17H17N3O2S. The van der Waals surface area contributed by atoms with Crippen LogP contribution in [0.15, 0.2) is 36.5 Å². The number of rotatable bonds is 5. The van der Waals surface area contributed by atoms with Crippen LogP contribution in [0.2, 0.25) is 0 Å². The van der Waals surface area contributed by atoms with E-state index in [1.54, 1.807) is 6.20 Å². The number of nitrogens with zero attached hydrogens (tertiary/aromatic N) is 2. The van der Waals surface area contributed by atoms with E-state index in [1.807, 2.05) is 44.3 Å². The second kappa shape index (κ2) is 6.34. The summed E-state index contributed by atoms with van der Waals surface area (Å²) in [5, 5.41) is 14.0. The van der Waals surface area contributed by atoms with Crippen molar-refractivity contribution in [2.24, 2.45) is 0 Å². The fourth-order valence-corrected chi connectivity index (χ4v) is 3.60. The molecule has 0 bridgehead atoms. The first-order chi connectivity index (χ1) is 11.1. The number of nitrogens with one attached hydrogen (secondary N) is 1. The number of aliphatic carboxylic acids is 1. The summed E-state index contributed by atoms with van der Waals surface area (Å²) in [5.74, 6) is -0.917. The molecular weight excluding hydrogens is 310 g/mol. The molecule has 0 amide bonds. The minimum absolute atomic E-state index is 0.0799. The minimum atomic E-state index is -0.807. The monoisotopic (exact) mass is 327 g/mol. The van der Waals surface area contributed by atoms with Gasteiger partial charge in [-0.15, -0.1) is 11.3 Å². The summed E-state index contributed by atoms with van der Waals surface area (Å²) in [7, 11) is 1.82. The molecule has 1 aromatic carbocycles. The summed E-state index contributed by atoms with van der Waals surface area (Å²) < 4.78 is 0. The molecule has 6 heteroatoms. The number of aromatic nitrogens is 2. The van der Waals surface area contributed by atoms with Gasteiger partial charge in [-0.25, -0.2) is 4.98 Å². The normalized spacial score (nSPS) is 12.3. The molecule has 3 rings (SSSR count). The van der Waals surface area contributed by atoms with Crippen molar-refractivity contribution < 1.29 is 9.90 Å². The Morgan fingerprint density at radius 1 is 1.35 bits per heavy atom. The van der Waals surface area contributed by atoms with Crippen molar-refractivity contribution >= 4 is 33.3 Å². The molecule has 2 N–H and O–H groups in total. The summed E-state index contributed by atoms with van der Waals surface area (Å²) in [6.45, 7) is 1.92. The van der Waals surface area contributed by atoms with E-state index in [1.165, 1.54) is 11.3 Å². The van der Waals surface area contributed by atoms with Crippen molar-refractivity contribution in [2.45, 2.75) is 19.3 Å². The number of pyridine rings is 1. The van der Waals surface area contributed by atoms with Crippen LogP contribution in [0, 0.1) is 0 Å². The van der Waals surface area contributed by atoms with Crippen molar-refractivity contribution in [3.8, 4) is 11.3 Å². The molecule has 0 aliphatic rings. The highest BCUT2D eigenvalue weighted by Gasteiger charge is 2.21. The maximum Gasteiger partial charge on any atom is 0.303 e. The number of fused-ring (bicyclic) bond motifs is 1. The predicted octanol–water partition coefficient (Wildman–Crippen LogP) is 3.98. The number of hydrogen-bond donors (Lipinski definition) is 2. The number of thiazole rings is 1. The van der Waals surface area contributed by atoms with Gasteiger partial charge >= 0.3 is 5.97 Å². The van der Waals surface area contributed by atoms with E-state index in [4.69, 9.17) is 5.11 Å². The molecule has 2 heterocycles. The van der Waals surface area contributed by atoms with Crippen LogP contribution in [-0.4, -0.2) is 28.1 Å². The first-order valence-corrected chi connectivity index (χ1v) is 8.16. The zero-order valence-electron chi connectivity index (χ0n) is 12.9. The summed E-state index contributed by atoms with van der Waals surface area (Å²) in [4.78, 5) is 21.2. The maximum absolute atomic E-state index is 11.1. The summed E-state index contributed by atoms with van der Waals surface area (Å²) >= 11 is 1.50. The van der Waals surface area contributed by atoms with E-state index in [9.17, 15) is 4.79 Å². The molecule has 2 aromatic heterocycles. The molecule has 0 fully saturated rings. The standard InChI is InChI=1S/C17H17N3O2S/c1-10(9-13(21)22)16-15(20-17(18-2)23-16)12-7-3-5-11-6-4-8-19-14(11)12/h3-8,10H,9H2,1-2H3,(H,18,20)(H,21,22). The van der Waals surface area contributed by atoms with E-state index in [2.05, 4.69) is 15.3 Å². The van der Waals surface area contributed by atoms with Crippen LogP contribution in [0.4, 0.5) is 5.13 Å². The van der Waals surface area contributed by atoms with E-state index >= 15 is 0 Å². The van der Waals surface area contributed by atoms with Crippen LogP contribution in [0.1, 0.15) is 24.1 Å². The van der Waals surface area contributed by atoms with Gasteiger partial charge in [-0.1, -0.05) is 31.2 Å². The molecule has 0 aliphatic carbocycles. The van der Waals surface area contributed by atoms with E-state index in [0.717, 1.165) is 32.2 Å². The lowest BCUT2D eigenvalue weighted by atomic mass is 9.99. The van der Waals surface area contributed by atoms with Gasteiger partial charge in [0.25, 0.3) is 0 Å². The van der Waals surface area contributed by atoms with Crippen LogP contribution in [0.5, 0.6) is 0 Å². The summed E-state index contributed by atoms with van der Waals surface area (Å²) in [6, 6.07) is 9.89. The quantitative estimate of drug-likeness (QED) is 0.741. The van der Waals surface area contributed by atoms with Gasteiger partial charge in [0.1, 0.15) is 0 Å². The third kappa shape index (κ3) is 3.03. The Kier molecular flexibility index (Phi) is 4.25. The average Bonchev–Trinajstić information content (AvgIpc) is 2.98. The van der Waals surface area contributed by atoms with Crippen molar-refractivity contribution in [3.63, 3.8) is 0 Å². The third-order valence-electron chi connectivity index (χ3n) is 3.68. The molecule has 0 spiro atoms. The van der Waals surface area contributed by atoms with E-state index in [-0.39, 0.29) is 12.3 Å². The Morgan fingerprint density at radius 2 is 2.13 bits per heavy atom. The highest BCUT2D eigenvalue weighted by molar-refractivity contribution is 7.16. The van der Waals surface area contributed by atoms with Crippen molar-refractivity contribution in [3.05, 3.63) is 41.4 Å². The molecule has 118 valence electrons. The van der Waals surface area contributed by atoms with Crippen LogP contribution in [0.3, 0.4) is 0 Å². The number of carboxylic acid groups (broad SMARTS) is 1. The lowest BCUT2D eigenvalue weighted by Gasteiger charge is -2.10. The fourth-order valence-electron chi connectivity index (χ4n) is 2.62. The molecule has 1 atom stereocenters. The van der Waals surface area contributed by atoms with Crippen molar-refractivity contribution in [1.29, 1.82) is 0 Å². The van der Waals surface area contributed by atoms with Gasteiger partial charge in [0.15, 0.2) is 5.13 Å². The Balaban J connectivity index is 2.18. The number of benzene rings is 1. The number of anilines is 1. The zero-order valence-corrected chi connectivity index (χ0v) is 13.7. The van der Waals surface area contributed by atoms with E-state index < -0.39 is 5.97 Å². The first kappa shape index (κ1) is 15.4. The van der Waals surface area contributed by atoms with Gasteiger partial charge < -0.3 is 10.4 Å². The molecule has 23 heavy (non-hydrogen) atoms. The first-order valence-electron chi connectivity index (χ1n) is 7.34. The van der Waals surface area contributed by atoms with Crippen LogP contribution < -0.4 is 5.32 Å². The highest BCUT2D eigenvalue weighted by Crippen LogP contribution is 2.39. The maximum atomic E-state index is 11.1. The van der Waals surface area contributed by atoms with Gasteiger partial charge in [0.2, 0.25) is 0 Å². The number of para-hydroxylation sites is 1. The molecule has 0 saturated carbocycles. The summed E-state index contributed by atoms with van der Waals surface area (Å²) in [5.41, 5.74) is 2.64. The smallest absolute Gasteiger partial charge is 0.303 e. The number of hydrogen-bond acceptors (Lipinski definition) is 5. The lowest BCUT2D eigenvalue weighted by Crippen LogP contribution is -2.02. The van der Waals surface area contributed by atoms with Gasteiger partial charge in [0.05, 0.1) is 17.6 Å².